The number of rotatable bonds is 6. The molecule has 1 aromatic rings. The monoisotopic (exact) mass is 218 g/mol. The lowest BCUT2D eigenvalue weighted by Gasteiger charge is -2.29. The summed E-state index contributed by atoms with van der Waals surface area (Å²) in [6.45, 7) is 4.48. The van der Waals surface area contributed by atoms with Gasteiger partial charge in [-0.1, -0.05) is 30.3 Å². The Labute approximate surface area is 98.7 Å². The van der Waals surface area contributed by atoms with E-state index in [2.05, 4.69) is 47.5 Å². The van der Waals surface area contributed by atoms with Crippen LogP contribution in [0.25, 0.3) is 0 Å². The Morgan fingerprint density at radius 3 is 2.56 bits per heavy atom. The maximum absolute atomic E-state index is 3.27. The third-order valence-corrected chi connectivity index (χ3v) is 3.29. The Morgan fingerprint density at radius 2 is 2.00 bits per heavy atom. The number of nitrogens with zero attached hydrogens (tertiary/aromatic N) is 1. The SMILES string of the molecule is CNCC(C)N(Cc1ccccc1)C1CC1. The molecule has 1 N–H and O–H groups in total. The summed E-state index contributed by atoms with van der Waals surface area (Å²) in [5, 5.41) is 3.27. The summed E-state index contributed by atoms with van der Waals surface area (Å²) >= 11 is 0. The second-order valence-corrected chi connectivity index (χ2v) is 4.80. The fourth-order valence-electron chi connectivity index (χ4n) is 2.26. The number of nitrogens with one attached hydrogen (secondary N) is 1. The predicted octanol–water partition coefficient (Wildman–Crippen LogP) is 2.26. The van der Waals surface area contributed by atoms with E-state index in [1.807, 2.05) is 7.05 Å². The van der Waals surface area contributed by atoms with E-state index >= 15 is 0 Å². The molecule has 1 aliphatic carbocycles. The molecule has 0 spiro atoms. The summed E-state index contributed by atoms with van der Waals surface area (Å²) in [6.07, 6.45) is 2.75. The van der Waals surface area contributed by atoms with Gasteiger partial charge in [0, 0.05) is 25.2 Å². The molecule has 1 aliphatic rings. The van der Waals surface area contributed by atoms with Gasteiger partial charge >= 0.3 is 0 Å². The summed E-state index contributed by atoms with van der Waals surface area (Å²) in [6, 6.07) is 12.2. The van der Waals surface area contributed by atoms with E-state index in [0.717, 1.165) is 19.1 Å². The van der Waals surface area contributed by atoms with Gasteiger partial charge in [0.15, 0.2) is 0 Å². The van der Waals surface area contributed by atoms with E-state index in [1.165, 1.54) is 18.4 Å². The molecule has 0 saturated heterocycles. The molecule has 0 bridgehead atoms. The maximum atomic E-state index is 3.27. The first-order valence-electron chi connectivity index (χ1n) is 6.25. The number of hydrogen-bond acceptors (Lipinski definition) is 2. The van der Waals surface area contributed by atoms with Crippen LogP contribution in [0.15, 0.2) is 30.3 Å². The first kappa shape index (κ1) is 11.6. The van der Waals surface area contributed by atoms with Crippen LogP contribution in [0.2, 0.25) is 0 Å². The topological polar surface area (TPSA) is 15.3 Å². The minimum Gasteiger partial charge on any atom is -0.318 e. The van der Waals surface area contributed by atoms with Crippen molar-refractivity contribution >= 4 is 0 Å². The van der Waals surface area contributed by atoms with Crippen molar-refractivity contribution in [2.75, 3.05) is 13.6 Å². The summed E-state index contributed by atoms with van der Waals surface area (Å²) in [5.41, 5.74) is 1.43. The normalized spacial score (nSPS) is 17.7. The Morgan fingerprint density at radius 1 is 1.31 bits per heavy atom. The Bertz CT molecular complexity index is 306. The predicted molar refractivity (Wildman–Crippen MR) is 68.4 cm³/mol. The van der Waals surface area contributed by atoms with Crippen LogP contribution in [0.5, 0.6) is 0 Å². The van der Waals surface area contributed by atoms with Crippen LogP contribution >= 0.6 is 0 Å². The van der Waals surface area contributed by atoms with Crippen molar-refractivity contribution < 1.29 is 0 Å². The third-order valence-electron chi connectivity index (χ3n) is 3.29. The molecule has 0 radical (unpaired) electrons. The fraction of sp³-hybridized carbons (Fsp3) is 0.571. The van der Waals surface area contributed by atoms with Crippen molar-refractivity contribution in [3.8, 4) is 0 Å². The van der Waals surface area contributed by atoms with Crippen LogP contribution in [-0.2, 0) is 6.54 Å². The highest BCUT2D eigenvalue weighted by Crippen LogP contribution is 2.29. The van der Waals surface area contributed by atoms with Gasteiger partial charge in [0.2, 0.25) is 0 Å². The van der Waals surface area contributed by atoms with Gasteiger partial charge in [-0.2, -0.15) is 0 Å². The van der Waals surface area contributed by atoms with Crippen LogP contribution in [0, 0.1) is 0 Å². The van der Waals surface area contributed by atoms with Crippen molar-refractivity contribution in [3.63, 3.8) is 0 Å². The van der Waals surface area contributed by atoms with Crippen LogP contribution in [0.4, 0.5) is 0 Å². The van der Waals surface area contributed by atoms with E-state index in [-0.39, 0.29) is 0 Å². The molecule has 1 atom stereocenters. The zero-order chi connectivity index (χ0) is 11.4. The van der Waals surface area contributed by atoms with E-state index in [9.17, 15) is 0 Å². The zero-order valence-electron chi connectivity index (χ0n) is 10.3. The minimum atomic E-state index is 0.623. The smallest absolute Gasteiger partial charge is 0.0240 e. The highest BCUT2D eigenvalue weighted by atomic mass is 15.2. The molecule has 1 fully saturated rings. The van der Waals surface area contributed by atoms with Gasteiger partial charge in [0.25, 0.3) is 0 Å². The van der Waals surface area contributed by atoms with Gasteiger partial charge in [-0.25, -0.2) is 0 Å². The highest BCUT2D eigenvalue weighted by molar-refractivity contribution is 5.15. The van der Waals surface area contributed by atoms with E-state index in [4.69, 9.17) is 0 Å². The molecular weight excluding hydrogens is 196 g/mol. The largest absolute Gasteiger partial charge is 0.318 e. The first-order valence-corrected chi connectivity index (χ1v) is 6.25. The second-order valence-electron chi connectivity index (χ2n) is 4.80. The van der Waals surface area contributed by atoms with Gasteiger partial charge in [-0.3, -0.25) is 4.90 Å². The molecule has 2 rings (SSSR count). The second kappa shape index (κ2) is 5.46. The first-order chi connectivity index (χ1) is 7.81. The molecule has 2 heteroatoms. The maximum Gasteiger partial charge on any atom is 0.0240 e. The van der Waals surface area contributed by atoms with Crippen LogP contribution in [0.1, 0.15) is 25.3 Å². The summed E-state index contributed by atoms with van der Waals surface area (Å²) in [4.78, 5) is 2.63. The van der Waals surface area contributed by atoms with E-state index in [1.54, 1.807) is 0 Å². The van der Waals surface area contributed by atoms with Crippen molar-refractivity contribution in [1.29, 1.82) is 0 Å². The van der Waals surface area contributed by atoms with Crippen molar-refractivity contribution in [2.24, 2.45) is 0 Å². The molecule has 0 aromatic heterocycles. The van der Waals surface area contributed by atoms with Gasteiger partial charge in [-0.15, -0.1) is 0 Å². The molecule has 1 aromatic carbocycles. The standard InChI is InChI=1S/C14H22N2/c1-12(10-15-2)16(14-8-9-14)11-13-6-4-3-5-7-13/h3-7,12,14-15H,8-11H2,1-2H3. The molecule has 88 valence electrons. The molecule has 0 heterocycles. The van der Waals surface area contributed by atoms with Gasteiger partial charge < -0.3 is 5.32 Å². The number of likely N-dealkylation sites (N-methyl/N-ethyl adjacent to an activating group) is 1. The average Bonchev–Trinajstić information content (AvgIpc) is 3.11. The van der Waals surface area contributed by atoms with Crippen molar-refractivity contribution in [2.45, 2.75) is 38.4 Å². The summed E-state index contributed by atoms with van der Waals surface area (Å²) in [5.74, 6) is 0. The Hall–Kier alpha value is -0.860. The highest BCUT2D eigenvalue weighted by Gasteiger charge is 2.31. The molecular formula is C14H22N2. The number of hydrogen-bond donors (Lipinski definition) is 1. The van der Waals surface area contributed by atoms with Crippen LogP contribution in [-0.4, -0.2) is 30.6 Å². The lowest BCUT2D eigenvalue weighted by atomic mass is 10.1. The fourth-order valence-corrected chi connectivity index (χ4v) is 2.26. The molecule has 1 unspecified atom stereocenters. The van der Waals surface area contributed by atoms with Gasteiger partial charge in [0.05, 0.1) is 0 Å². The minimum absolute atomic E-state index is 0.623. The lowest BCUT2D eigenvalue weighted by Crippen LogP contribution is -2.40. The average molecular weight is 218 g/mol. The Kier molecular flexibility index (Phi) is 3.97. The molecule has 16 heavy (non-hydrogen) atoms. The van der Waals surface area contributed by atoms with Crippen LogP contribution in [0.3, 0.4) is 0 Å². The molecule has 0 amide bonds. The quantitative estimate of drug-likeness (QED) is 0.788. The zero-order valence-corrected chi connectivity index (χ0v) is 10.3. The van der Waals surface area contributed by atoms with Gasteiger partial charge in [-0.05, 0) is 32.4 Å². The lowest BCUT2D eigenvalue weighted by molar-refractivity contribution is 0.187. The van der Waals surface area contributed by atoms with E-state index in [0.29, 0.717) is 6.04 Å². The number of benzene rings is 1. The van der Waals surface area contributed by atoms with Crippen molar-refractivity contribution in [1.82, 2.24) is 10.2 Å². The van der Waals surface area contributed by atoms with Gasteiger partial charge in [0.1, 0.15) is 0 Å². The van der Waals surface area contributed by atoms with Crippen LogP contribution < -0.4 is 5.32 Å². The third kappa shape index (κ3) is 3.06. The summed E-state index contributed by atoms with van der Waals surface area (Å²) in [7, 11) is 2.03. The van der Waals surface area contributed by atoms with Crippen molar-refractivity contribution in [3.05, 3.63) is 35.9 Å². The van der Waals surface area contributed by atoms with E-state index < -0.39 is 0 Å². The Balaban J connectivity index is 1.97. The molecule has 1 saturated carbocycles. The molecule has 2 nitrogen and oxygen atoms in total. The summed E-state index contributed by atoms with van der Waals surface area (Å²) < 4.78 is 0. The molecule has 0 aliphatic heterocycles.